The summed E-state index contributed by atoms with van der Waals surface area (Å²) in [5.74, 6) is 1.12. The minimum absolute atomic E-state index is 0.176. The third-order valence-corrected chi connectivity index (χ3v) is 7.07. The van der Waals surface area contributed by atoms with E-state index in [9.17, 15) is 13.5 Å². The lowest BCUT2D eigenvalue weighted by Crippen LogP contribution is -2.44. The number of aliphatic hydroxyl groups excluding tert-OH is 1. The predicted octanol–water partition coefficient (Wildman–Crippen LogP) is 0.294. The second-order valence-corrected chi connectivity index (χ2v) is 10.3. The van der Waals surface area contributed by atoms with E-state index in [0.29, 0.717) is 19.6 Å². The third kappa shape index (κ3) is 7.00. The van der Waals surface area contributed by atoms with Gasteiger partial charge in [-0.1, -0.05) is 12.1 Å². The summed E-state index contributed by atoms with van der Waals surface area (Å²) in [4.78, 5) is 6.84. The van der Waals surface area contributed by atoms with Crippen molar-refractivity contribution >= 4 is 9.84 Å². The summed E-state index contributed by atoms with van der Waals surface area (Å²) in [6.07, 6.45) is 0.557. The summed E-state index contributed by atoms with van der Waals surface area (Å²) in [7, 11) is -0.718. The van der Waals surface area contributed by atoms with Crippen molar-refractivity contribution in [3.8, 4) is 5.75 Å². The number of hydrogen-bond donors (Lipinski definition) is 1. The molecule has 0 amide bonds. The Morgan fingerprint density at radius 3 is 2.64 bits per heavy atom. The van der Waals surface area contributed by atoms with Gasteiger partial charge >= 0.3 is 0 Å². The number of benzene rings is 1. The first-order valence-electron chi connectivity index (χ1n) is 10.1. The molecule has 2 saturated heterocycles. The second-order valence-electron chi connectivity index (χ2n) is 8.00. The van der Waals surface area contributed by atoms with E-state index in [-0.39, 0.29) is 18.1 Å². The van der Waals surface area contributed by atoms with Crippen molar-refractivity contribution in [1.82, 2.24) is 14.7 Å². The highest BCUT2D eigenvalue weighted by molar-refractivity contribution is 7.91. The van der Waals surface area contributed by atoms with Gasteiger partial charge in [0, 0.05) is 39.3 Å². The number of rotatable bonds is 7. The Morgan fingerprint density at radius 1 is 1.07 bits per heavy atom. The van der Waals surface area contributed by atoms with Gasteiger partial charge in [0.2, 0.25) is 0 Å². The first kappa shape index (κ1) is 21.5. The normalized spacial score (nSPS) is 23.2. The van der Waals surface area contributed by atoms with Crippen molar-refractivity contribution in [1.29, 1.82) is 0 Å². The van der Waals surface area contributed by atoms with Crippen molar-refractivity contribution in [2.45, 2.75) is 19.1 Å². The zero-order valence-electron chi connectivity index (χ0n) is 16.8. The van der Waals surface area contributed by atoms with Crippen LogP contribution in [0.15, 0.2) is 24.3 Å². The Labute approximate surface area is 168 Å². The van der Waals surface area contributed by atoms with Gasteiger partial charge in [-0.3, -0.25) is 9.80 Å². The Balaban J connectivity index is 1.44. The summed E-state index contributed by atoms with van der Waals surface area (Å²) >= 11 is 0. The number of sulfone groups is 1. The molecule has 0 aromatic heterocycles. The van der Waals surface area contributed by atoms with Gasteiger partial charge in [-0.25, -0.2) is 8.42 Å². The topological polar surface area (TPSA) is 73.3 Å². The lowest BCUT2D eigenvalue weighted by molar-refractivity contribution is 0.0709. The van der Waals surface area contributed by atoms with Crippen LogP contribution in [0, 0.1) is 0 Å². The summed E-state index contributed by atoms with van der Waals surface area (Å²) in [5.41, 5.74) is 1.22. The molecule has 2 aliphatic rings. The van der Waals surface area contributed by atoms with E-state index < -0.39 is 15.9 Å². The molecule has 2 heterocycles. The quantitative estimate of drug-likeness (QED) is 0.692. The molecule has 1 N–H and O–H groups in total. The van der Waals surface area contributed by atoms with E-state index in [1.807, 2.05) is 17.0 Å². The van der Waals surface area contributed by atoms with E-state index >= 15 is 0 Å². The van der Waals surface area contributed by atoms with Crippen molar-refractivity contribution in [2.75, 3.05) is 71.0 Å². The van der Waals surface area contributed by atoms with Gasteiger partial charge in [0.1, 0.15) is 18.5 Å². The Hall–Kier alpha value is -1.19. The maximum absolute atomic E-state index is 11.5. The Bertz CT molecular complexity index is 714. The molecule has 2 fully saturated rings. The molecule has 1 atom stereocenters. The van der Waals surface area contributed by atoms with Crippen LogP contribution in [-0.2, 0) is 16.4 Å². The molecule has 0 saturated carbocycles. The SMILES string of the molecule is CN1CCCN(Cc2cccc(OCC(O)CN3CCS(=O)(=O)CC3)c2)CC1. The van der Waals surface area contributed by atoms with Gasteiger partial charge in [0.05, 0.1) is 11.5 Å². The molecular weight excluding hydrogens is 378 g/mol. The van der Waals surface area contributed by atoms with Crippen LogP contribution in [0.2, 0.25) is 0 Å². The Kier molecular flexibility index (Phi) is 7.70. The van der Waals surface area contributed by atoms with Gasteiger partial charge in [0.25, 0.3) is 0 Å². The van der Waals surface area contributed by atoms with Gasteiger partial charge in [-0.05, 0) is 44.3 Å². The van der Waals surface area contributed by atoms with Crippen LogP contribution in [-0.4, -0.2) is 105 Å². The van der Waals surface area contributed by atoms with Crippen LogP contribution < -0.4 is 4.74 Å². The van der Waals surface area contributed by atoms with Crippen molar-refractivity contribution in [3.05, 3.63) is 29.8 Å². The number of likely N-dealkylation sites (N-methyl/N-ethyl adjacent to an activating group) is 1. The van der Waals surface area contributed by atoms with E-state index in [4.69, 9.17) is 4.74 Å². The molecule has 158 valence electrons. The Morgan fingerprint density at radius 2 is 1.86 bits per heavy atom. The summed E-state index contributed by atoms with van der Waals surface area (Å²) in [6, 6.07) is 8.08. The highest BCUT2D eigenvalue weighted by Gasteiger charge is 2.23. The first-order valence-corrected chi connectivity index (χ1v) is 12.0. The first-order chi connectivity index (χ1) is 13.4. The van der Waals surface area contributed by atoms with Crippen LogP contribution in [0.3, 0.4) is 0 Å². The van der Waals surface area contributed by atoms with Crippen LogP contribution in [0.1, 0.15) is 12.0 Å². The lowest BCUT2D eigenvalue weighted by atomic mass is 10.2. The van der Waals surface area contributed by atoms with Crippen LogP contribution >= 0.6 is 0 Å². The molecule has 8 heteroatoms. The molecule has 0 radical (unpaired) electrons. The summed E-state index contributed by atoms with van der Waals surface area (Å²) in [6.45, 7) is 6.97. The molecular formula is C20H33N3O4S. The van der Waals surface area contributed by atoms with E-state index in [0.717, 1.165) is 38.5 Å². The molecule has 0 aliphatic carbocycles. The van der Waals surface area contributed by atoms with Crippen molar-refractivity contribution < 1.29 is 18.3 Å². The van der Waals surface area contributed by atoms with Crippen molar-refractivity contribution in [3.63, 3.8) is 0 Å². The molecule has 2 aliphatic heterocycles. The zero-order valence-corrected chi connectivity index (χ0v) is 17.6. The summed E-state index contributed by atoms with van der Waals surface area (Å²) < 4.78 is 28.8. The average molecular weight is 412 g/mol. The van der Waals surface area contributed by atoms with Crippen LogP contribution in [0.5, 0.6) is 5.75 Å². The third-order valence-electron chi connectivity index (χ3n) is 5.47. The molecule has 1 unspecified atom stereocenters. The van der Waals surface area contributed by atoms with Crippen LogP contribution in [0.4, 0.5) is 0 Å². The van der Waals surface area contributed by atoms with E-state index in [1.165, 1.54) is 12.0 Å². The number of nitrogens with zero attached hydrogens (tertiary/aromatic N) is 3. The molecule has 0 spiro atoms. The largest absolute Gasteiger partial charge is 0.491 e. The molecule has 28 heavy (non-hydrogen) atoms. The molecule has 3 rings (SSSR count). The number of hydrogen-bond acceptors (Lipinski definition) is 7. The minimum Gasteiger partial charge on any atom is -0.491 e. The monoisotopic (exact) mass is 411 g/mol. The van der Waals surface area contributed by atoms with E-state index in [1.54, 1.807) is 0 Å². The predicted molar refractivity (Wildman–Crippen MR) is 110 cm³/mol. The molecule has 7 nitrogen and oxygen atoms in total. The lowest BCUT2D eigenvalue weighted by Gasteiger charge is -2.28. The fraction of sp³-hybridized carbons (Fsp3) is 0.700. The molecule has 0 bridgehead atoms. The van der Waals surface area contributed by atoms with Crippen molar-refractivity contribution in [2.24, 2.45) is 0 Å². The maximum atomic E-state index is 11.5. The number of ether oxygens (including phenoxy) is 1. The van der Waals surface area contributed by atoms with Gasteiger partial charge in [-0.15, -0.1) is 0 Å². The number of β-amino-alcohol motifs (C(OH)–C–C–N with tert-alkyl or cyclic N) is 1. The van der Waals surface area contributed by atoms with Gasteiger partial charge in [0.15, 0.2) is 9.84 Å². The average Bonchev–Trinajstić information content (AvgIpc) is 2.86. The fourth-order valence-electron chi connectivity index (χ4n) is 3.73. The maximum Gasteiger partial charge on any atom is 0.152 e. The van der Waals surface area contributed by atoms with E-state index in [2.05, 4.69) is 29.0 Å². The van der Waals surface area contributed by atoms with Gasteiger partial charge in [-0.2, -0.15) is 0 Å². The smallest absolute Gasteiger partial charge is 0.152 e. The highest BCUT2D eigenvalue weighted by Crippen LogP contribution is 2.16. The molecule has 1 aromatic rings. The fourth-order valence-corrected chi connectivity index (χ4v) is 5.00. The molecule has 1 aromatic carbocycles. The number of aliphatic hydroxyl groups is 1. The summed E-state index contributed by atoms with van der Waals surface area (Å²) in [5, 5.41) is 10.3. The zero-order chi connectivity index (χ0) is 20.0. The van der Waals surface area contributed by atoms with Crippen LogP contribution in [0.25, 0.3) is 0 Å². The standard InChI is InChI=1S/C20H33N3O4S/c1-21-6-3-7-22(9-8-21)15-18-4-2-5-20(14-18)27-17-19(24)16-23-10-12-28(25,26)13-11-23/h2,4-5,14,19,24H,3,6-13,15-17H2,1H3. The highest BCUT2D eigenvalue weighted by atomic mass is 32.2. The minimum atomic E-state index is -2.89. The second kappa shape index (κ2) is 10.0. The van der Waals surface area contributed by atoms with Gasteiger partial charge < -0.3 is 14.7 Å².